The van der Waals surface area contributed by atoms with Crippen LogP contribution in [0.5, 0.6) is 5.75 Å². The molecule has 0 amide bonds. The van der Waals surface area contributed by atoms with Crippen molar-refractivity contribution in [3.8, 4) is 5.75 Å². The summed E-state index contributed by atoms with van der Waals surface area (Å²) in [6.45, 7) is 0. The van der Waals surface area contributed by atoms with E-state index < -0.39 is 0 Å². The van der Waals surface area contributed by atoms with E-state index >= 15 is 0 Å². The summed E-state index contributed by atoms with van der Waals surface area (Å²) in [5, 5.41) is 12.0. The predicted molar refractivity (Wildman–Crippen MR) is 58.4 cm³/mol. The van der Waals surface area contributed by atoms with Gasteiger partial charge in [0.15, 0.2) is 0 Å². The summed E-state index contributed by atoms with van der Waals surface area (Å²) in [5.41, 5.74) is 0. The Balaban J connectivity index is 2.92. The lowest BCUT2D eigenvalue weighted by atomic mass is 10.2. The molecule has 0 saturated carbocycles. The quantitative estimate of drug-likeness (QED) is 0.693. The average Bonchev–Trinajstić information content (AvgIpc) is 2.33. The average molecular weight is 261 g/mol. The van der Waals surface area contributed by atoms with Gasteiger partial charge in [0.2, 0.25) is 0 Å². The molecule has 0 aliphatic carbocycles. The number of hydrogen-bond donors (Lipinski definition) is 2. The summed E-state index contributed by atoms with van der Waals surface area (Å²) in [4.78, 5) is 0.850. The van der Waals surface area contributed by atoms with Gasteiger partial charge in [0, 0.05) is 20.1 Å². The molecule has 2 aromatic rings. The Morgan fingerprint density at radius 1 is 1.42 bits per heavy atom. The first kappa shape index (κ1) is 8.41. The van der Waals surface area contributed by atoms with Crippen LogP contribution in [-0.4, -0.2) is 5.11 Å². The van der Waals surface area contributed by atoms with Crippen LogP contribution in [0, 0.1) is 0 Å². The first-order chi connectivity index (χ1) is 5.68. The first-order valence-electron chi connectivity index (χ1n) is 3.27. The maximum absolute atomic E-state index is 9.42. The predicted octanol–water partition coefficient (Wildman–Crippen LogP) is 3.66. The van der Waals surface area contributed by atoms with Crippen molar-refractivity contribution in [3.05, 3.63) is 22.0 Å². The molecule has 1 N–H and O–H groups in total. The molecule has 1 aromatic heterocycles. The molecule has 0 spiro atoms. The molecule has 0 bridgehead atoms. The molecule has 0 aliphatic heterocycles. The number of rotatable bonds is 0. The largest absolute Gasteiger partial charge is 0.506 e. The van der Waals surface area contributed by atoms with E-state index in [0.29, 0.717) is 5.75 Å². The summed E-state index contributed by atoms with van der Waals surface area (Å²) in [7, 11) is 0. The van der Waals surface area contributed by atoms with Crippen LogP contribution in [0.1, 0.15) is 0 Å². The molecule has 1 nitrogen and oxygen atoms in total. The minimum Gasteiger partial charge on any atom is -0.506 e. The van der Waals surface area contributed by atoms with Crippen LogP contribution in [0.4, 0.5) is 0 Å². The summed E-state index contributed by atoms with van der Waals surface area (Å²) in [6, 6.07) is 3.77. The highest BCUT2D eigenvalue weighted by atomic mass is 79.9. The van der Waals surface area contributed by atoms with E-state index in [9.17, 15) is 5.11 Å². The molecule has 0 fully saturated rings. The zero-order chi connectivity index (χ0) is 8.72. The highest BCUT2D eigenvalue weighted by Gasteiger charge is 2.06. The molecule has 0 saturated heterocycles. The molecule has 0 atom stereocenters. The second-order valence-electron chi connectivity index (χ2n) is 2.43. The van der Waals surface area contributed by atoms with E-state index in [0.717, 1.165) is 19.5 Å². The minimum absolute atomic E-state index is 0.326. The molecular formula is C8H5BrOS2. The van der Waals surface area contributed by atoms with E-state index in [2.05, 4.69) is 28.6 Å². The van der Waals surface area contributed by atoms with Crippen LogP contribution in [0.3, 0.4) is 0 Å². The van der Waals surface area contributed by atoms with Gasteiger partial charge in [0.1, 0.15) is 5.75 Å². The number of aromatic hydroxyl groups is 1. The Kier molecular flexibility index (Phi) is 2.06. The zero-order valence-corrected chi connectivity index (χ0v) is 9.21. The van der Waals surface area contributed by atoms with E-state index in [4.69, 9.17) is 0 Å². The Morgan fingerprint density at radius 3 is 2.92 bits per heavy atom. The van der Waals surface area contributed by atoms with Gasteiger partial charge in [0.25, 0.3) is 0 Å². The van der Waals surface area contributed by atoms with Gasteiger partial charge in [-0.2, -0.15) is 0 Å². The number of thiophene rings is 1. The van der Waals surface area contributed by atoms with Gasteiger partial charge >= 0.3 is 0 Å². The van der Waals surface area contributed by atoms with E-state index in [1.807, 2.05) is 12.1 Å². The van der Waals surface area contributed by atoms with E-state index in [-0.39, 0.29) is 0 Å². The molecular weight excluding hydrogens is 256 g/mol. The lowest BCUT2D eigenvalue weighted by molar-refractivity contribution is 0.483. The molecule has 0 aliphatic rings. The second-order valence-corrected chi connectivity index (χ2v) is 4.68. The summed E-state index contributed by atoms with van der Waals surface area (Å²) in [6.07, 6.45) is 0. The van der Waals surface area contributed by atoms with Crippen molar-refractivity contribution in [2.24, 2.45) is 0 Å². The monoisotopic (exact) mass is 260 g/mol. The fourth-order valence-corrected chi connectivity index (χ4v) is 3.06. The third-order valence-electron chi connectivity index (χ3n) is 1.59. The van der Waals surface area contributed by atoms with Crippen molar-refractivity contribution in [3.63, 3.8) is 0 Å². The molecule has 62 valence electrons. The van der Waals surface area contributed by atoms with E-state index in [1.165, 1.54) is 11.3 Å². The molecule has 0 radical (unpaired) electrons. The van der Waals surface area contributed by atoms with Crippen LogP contribution in [0.25, 0.3) is 10.1 Å². The lowest BCUT2D eigenvalue weighted by Gasteiger charge is -1.96. The lowest BCUT2D eigenvalue weighted by Crippen LogP contribution is -1.69. The third kappa shape index (κ3) is 1.24. The SMILES string of the molecule is Oc1csc2c(Br)cc(S)cc12. The van der Waals surface area contributed by atoms with Gasteiger partial charge in [-0.25, -0.2) is 0 Å². The van der Waals surface area contributed by atoms with Crippen LogP contribution in [-0.2, 0) is 0 Å². The van der Waals surface area contributed by atoms with Crippen LogP contribution < -0.4 is 0 Å². The Labute approximate surface area is 87.6 Å². The van der Waals surface area contributed by atoms with Gasteiger partial charge < -0.3 is 5.11 Å². The van der Waals surface area contributed by atoms with Crippen LogP contribution >= 0.6 is 39.9 Å². The van der Waals surface area contributed by atoms with Gasteiger partial charge in [0.05, 0.1) is 4.70 Å². The van der Waals surface area contributed by atoms with Gasteiger partial charge in [-0.1, -0.05) is 0 Å². The smallest absolute Gasteiger partial charge is 0.134 e. The third-order valence-corrected chi connectivity index (χ3v) is 3.76. The highest BCUT2D eigenvalue weighted by molar-refractivity contribution is 9.10. The number of benzene rings is 1. The second kappa shape index (κ2) is 2.94. The van der Waals surface area contributed by atoms with Crippen molar-refractivity contribution >= 4 is 50.0 Å². The maximum Gasteiger partial charge on any atom is 0.134 e. The minimum atomic E-state index is 0.326. The van der Waals surface area contributed by atoms with Gasteiger partial charge in [-0.05, 0) is 28.1 Å². The molecule has 1 heterocycles. The van der Waals surface area contributed by atoms with Crippen molar-refractivity contribution in [2.45, 2.75) is 4.90 Å². The van der Waals surface area contributed by atoms with Gasteiger partial charge in [-0.15, -0.1) is 24.0 Å². The molecule has 4 heteroatoms. The van der Waals surface area contributed by atoms with Crippen molar-refractivity contribution in [2.75, 3.05) is 0 Å². The number of fused-ring (bicyclic) bond motifs is 1. The van der Waals surface area contributed by atoms with Crippen LogP contribution in [0.15, 0.2) is 26.9 Å². The molecule has 12 heavy (non-hydrogen) atoms. The van der Waals surface area contributed by atoms with Crippen molar-refractivity contribution in [1.82, 2.24) is 0 Å². The first-order valence-corrected chi connectivity index (χ1v) is 5.39. The fourth-order valence-electron chi connectivity index (χ4n) is 1.07. The molecule has 1 aromatic carbocycles. The molecule has 0 unspecified atom stereocenters. The van der Waals surface area contributed by atoms with Crippen molar-refractivity contribution < 1.29 is 5.11 Å². The zero-order valence-electron chi connectivity index (χ0n) is 5.91. The number of hydrogen-bond acceptors (Lipinski definition) is 3. The normalized spacial score (nSPS) is 10.8. The van der Waals surface area contributed by atoms with Gasteiger partial charge in [-0.3, -0.25) is 0 Å². The summed E-state index contributed by atoms with van der Waals surface area (Å²) >= 11 is 9.15. The van der Waals surface area contributed by atoms with Crippen molar-refractivity contribution in [1.29, 1.82) is 0 Å². The Bertz CT molecular complexity index is 436. The topological polar surface area (TPSA) is 20.2 Å². The number of thiol groups is 1. The Morgan fingerprint density at radius 2 is 2.17 bits per heavy atom. The summed E-state index contributed by atoms with van der Waals surface area (Å²) < 4.78 is 2.04. The standard InChI is InChI=1S/C8H5BrOS2/c9-6-2-4(11)1-5-7(10)3-12-8(5)6/h1-3,10-11H. The highest BCUT2D eigenvalue weighted by Crippen LogP contribution is 2.37. The maximum atomic E-state index is 9.42. The fraction of sp³-hybridized carbons (Fsp3) is 0. The number of halogens is 1. The summed E-state index contributed by atoms with van der Waals surface area (Å²) in [5.74, 6) is 0.326. The van der Waals surface area contributed by atoms with E-state index in [1.54, 1.807) is 5.38 Å². The Hall–Kier alpha value is -0.190. The molecule has 2 rings (SSSR count). The van der Waals surface area contributed by atoms with Crippen LogP contribution in [0.2, 0.25) is 0 Å².